The fourth-order valence-corrected chi connectivity index (χ4v) is 3.69. The maximum atomic E-state index is 12.3. The Hall–Kier alpha value is -1.55. The lowest BCUT2D eigenvalue weighted by Gasteiger charge is -2.30. The third-order valence-corrected chi connectivity index (χ3v) is 4.90. The van der Waals surface area contributed by atoms with Crippen LogP contribution in [-0.2, 0) is 4.79 Å². The van der Waals surface area contributed by atoms with E-state index in [2.05, 4.69) is 5.32 Å². The first-order chi connectivity index (χ1) is 10.7. The molecule has 0 spiro atoms. The number of ether oxygens (including phenoxy) is 1. The molecule has 3 rings (SSSR count). The average Bonchev–Trinajstić information content (AvgIpc) is 2.87. The smallest absolute Gasteiger partial charge is 0.222 e. The van der Waals surface area contributed by atoms with Crippen LogP contribution in [0.15, 0.2) is 30.3 Å². The molecule has 1 aromatic carbocycles. The van der Waals surface area contributed by atoms with Gasteiger partial charge in [-0.1, -0.05) is 18.2 Å². The van der Waals surface area contributed by atoms with Crippen molar-refractivity contribution in [2.75, 3.05) is 20.2 Å². The van der Waals surface area contributed by atoms with Gasteiger partial charge in [0, 0.05) is 25.6 Å². The Labute approximate surface area is 132 Å². The fraction of sp³-hybridized carbons (Fsp3) is 0.611. The standard InChI is InChI=1S/C18H26N2O2/c1-20(9-10-22-17-5-3-2-4-6-17)18(21)13-14-11-15-7-8-16(12-14)19-15/h2-6,14-16,19H,7-13H2,1H3. The molecule has 0 aromatic heterocycles. The third kappa shape index (κ3) is 4.01. The van der Waals surface area contributed by atoms with Crippen LogP contribution in [0.3, 0.4) is 0 Å². The molecule has 2 atom stereocenters. The lowest BCUT2D eigenvalue weighted by atomic mass is 9.89. The van der Waals surface area contributed by atoms with Crippen LogP contribution in [0.2, 0.25) is 0 Å². The van der Waals surface area contributed by atoms with Crippen LogP contribution in [0.1, 0.15) is 32.1 Å². The van der Waals surface area contributed by atoms with Crippen molar-refractivity contribution in [3.8, 4) is 5.75 Å². The second-order valence-corrected chi connectivity index (χ2v) is 6.66. The van der Waals surface area contributed by atoms with E-state index in [1.54, 1.807) is 0 Å². The van der Waals surface area contributed by atoms with E-state index < -0.39 is 0 Å². The summed E-state index contributed by atoms with van der Waals surface area (Å²) < 4.78 is 5.66. The number of benzene rings is 1. The zero-order valence-corrected chi connectivity index (χ0v) is 13.3. The van der Waals surface area contributed by atoms with Crippen molar-refractivity contribution in [1.29, 1.82) is 0 Å². The summed E-state index contributed by atoms with van der Waals surface area (Å²) in [5.41, 5.74) is 0. The minimum Gasteiger partial charge on any atom is -0.492 e. The lowest BCUT2D eigenvalue weighted by Crippen LogP contribution is -2.40. The van der Waals surface area contributed by atoms with Gasteiger partial charge in [0.1, 0.15) is 12.4 Å². The molecule has 2 saturated heterocycles. The van der Waals surface area contributed by atoms with Crippen LogP contribution in [0, 0.1) is 5.92 Å². The van der Waals surface area contributed by atoms with E-state index in [0.717, 1.165) is 18.6 Å². The number of fused-ring (bicyclic) bond motifs is 2. The molecule has 4 heteroatoms. The topological polar surface area (TPSA) is 41.6 Å². The predicted molar refractivity (Wildman–Crippen MR) is 86.9 cm³/mol. The molecular weight excluding hydrogens is 276 g/mol. The number of rotatable bonds is 6. The average molecular weight is 302 g/mol. The Morgan fingerprint density at radius 1 is 1.23 bits per heavy atom. The molecule has 0 aliphatic carbocycles. The summed E-state index contributed by atoms with van der Waals surface area (Å²) in [6, 6.07) is 11.1. The highest BCUT2D eigenvalue weighted by Crippen LogP contribution is 2.32. The number of piperidine rings is 1. The summed E-state index contributed by atoms with van der Waals surface area (Å²) >= 11 is 0. The highest BCUT2D eigenvalue weighted by molar-refractivity contribution is 5.76. The van der Waals surface area contributed by atoms with Gasteiger partial charge >= 0.3 is 0 Å². The number of hydrogen-bond acceptors (Lipinski definition) is 3. The van der Waals surface area contributed by atoms with Gasteiger partial charge in [0.2, 0.25) is 5.91 Å². The maximum Gasteiger partial charge on any atom is 0.222 e. The number of amides is 1. The molecule has 0 radical (unpaired) electrons. The number of likely N-dealkylation sites (N-methyl/N-ethyl adjacent to an activating group) is 1. The Bertz CT molecular complexity index is 479. The summed E-state index contributed by atoms with van der Waals surface area (Å²) in [6.45, 7) is 1.19. The van der Waals surface area contributed by atoms with Crippen LogP contribution in [-0.4, -0.2) is 43.1 Å². The fourth-order valence-electron chi connectivity index (χ4n) is 3.69. The summed E-state index contributed by atoms with van der Waals surface area (Å²) in [6.07, 6.45) is 5.59. The van der Waals surface area contributed by atoms with Gasteiger partial charge in [-0.3, -0.25) is 4.79 Å². The van der Waals surface area contributed by atoms with E-state index in [9.17, 15) is 4.79 Å². The molecule has 2 heterocycles. The van der Waals surface area contributed by atoms with Crippen molar-refractivity contribution in [1.82, 2.24) is 10.2 Å². The van der Waals surface area contributed by atoms with E-state index in [1.807, 2.05) is 42.3 Å². The molecular formula is C18H26N2O2. The predicted octanol–water partition coefficient (Wildman–Crippen LogP) is 2.44. The van der Waals surface area contributed by atoms with Gasteiger partial charge in [0.15, 0.2) is 0 Å². The summed E-state index contributed by atoms with van der Waals surface area (Å²) in [5.74, 6) is 1.67. The molecule has 2 aliphatic heterocycles. The highest BCUT2D eigenvalue weighted by atomic mass is 16.5. The van der Waals surface area contributed by atoms with E-state index in [0.29, 0.717) is 37.6 Å². The summed E-state index contributed by atoms with van der Waals surface area (Å²) in [5, 5.41) is 3.63. The lowest BCUT2D eigenvalue weighted by molar-refractivity contribution is -0.131. The largest absolute Gasteiger partial charge is 0.492 e. The van der Waals surface area contributed by atoms with Crippen molar-refractivity contribution < 1.29 is 9.53 Å². The molecule has 2 fully saturated rings. The monoisotopic (exact) mass is 302 g/mol. The Balaban J connectivity index is 1.38. The molecule has 1 aromatic rings. The maximum absolute atomic E-state index is 12.3. The van der Waals surface area contributed by atoms with Crippen LogP contribution >= 0.6 is 0 Å². The molecule has 120 valence electrons. The zero-order valence-electron chi connectivity index (χ0n) is 13.3. The summed E-state index contributed by atoms with van der Waals surface area (Å²) in [7, 11) is 1.88. The van der Waals surface area contributed by atoms with Gasteiger partial charge in [0.25, 0.3) is 0 Å². The number of nitrogens with zero attached hydrogens (tertiary/aromatic N) is 1. The van der Waals surface area contributed by atoms with Crippen molar-refractivity contribution in [3.63, 3.8) is 0 Å². The van der Waals surface area contributed by atoms with Gasteiger partial charge in [-0.25, -0.2) is 0 Å². The van der Waals surface area contributed by atoms with Crippen molar-refractivity contribution in [2.45, 2.75) is 44.2 Å². The van der Waals surface area contributed by atoms with Crippen LogP contribution in [0.25, 0.3) is 0 Å². The minimum atomic E-state index is 0.253. The molecule has 2 unspecified atom stereocenters. The van der Waals surface area contributed by atoms with Gasteiger partial charge < -0.3 is 15.0 Å². The van der Waals surface area contributed by atoms with Gasteiger partial charge in [-0.2, -0.15) is 0 Å². The quantitative estimate of drug-likeness (QED) is 0.877. The second-order valence-electron chi connectivity index (χ2n) is 6.66. The molecule has 2 bridgehead atoms. The SMILES string of the molecule is CN(CCOc1ccccc1)C(=O)CC1CC2CCC(C1)N2. The molecule has 1 amide bonds. The first-order valence-corrected chi connectivity index (χ1v) is 8.38. The number of para-hydroxylation sites is 1. The number of carbonyl (C=O) groups excluding carboxylic acids is 1. The van der Waals surface area contributed by atoms with E-state index in [4.69, 9.17) is 4.74 Å². The first-order valence-electron chi connectivity index (χ1n) is 8.38. The van der Waals surface area contributed by atoms with Crippen LogP contribution < -0.4 is 10.1 Å². The number of hydrogen-bond donors (Lipinski definition) is 1. The van der Waals surface area contributed by atoms with Crippen LogP contribution in [0.4, 0.5) is 0 Å². The Morgan fingerprint density at radius 3 is 2.59 bits per heavy atom. The van der Waals surface area contributed by atoms with Crippen molar-refractivity contribution in [3.05, 3.63) is 30.3 Å². The van der Waals surface area contributed by atoms with Crippen molar-refractivity contribution >= 4 is 5.91 Å². The van der Waals surface area contributed by atoms with E-state index in [-0.39, 0.29) is 5.91 Å². The number of nitrogens with one attached hydrogen (secondary N) is 1. The minimum absolute atomic E-state index is 0.253. The summed E-state index contributed by atoms with van der Waals surface area (Å²) in [4.78, 5) is 14.1. The van der Waals surface area contributed by atoms with Gasteiger partial charge in [-0.05, 0) is 43.7 Å². The molecule has 1 N–H and O–H groups in total. The van der Waals surface area contributed by atoms with Gasteiger partial charge in [-0.15, -0.1) is 0 Å². The van der Waals surface area contributed by atoms with Crippen molar-refractivity contribution in [2.24, 2.45) is 5.92 Å². The zero-order chi connectivity index (χ0) is 15.4. The normalized spacial score (nSPS) is 26.7. The van der Waals surface area contributed by atoms with Gasteiger partial charge in [0.05, 0.1) is 6.54 Å². The number of carbonyl (C=O) groups is 1. The highest BCUT2D eigenvalue weighted by Gasteiger charge is 2.34. The van der Waals surface area contributed by atoms with E-state index >= 15 is 0 Å². The molecule has 22 heavy (non-hydrogen) atoms. The van der Waals surface area contributed by atoms with Crippen LogP contribution in [0.5, 0.6) is 5.75 Å². The molecule has 2 aliphatic rings. The Kier molecular flexibility index (Phi) is 4.98. The first kappa shape index (κ1) is 15.3. The van der Waals surface area contributed by atoms with E-state index in [1.165, 1.54) is 12.8 Å². The second kappa shape index (κ2) is 7.14. The Morgan fingerprint density at radius 2 is 1.91 bits per heavy atom. The third-order valence-electron chi connectivity index (χ3n) is 4.90. The molecule has 0 saturated carbocycles. The molecule has 4 nitrogen and oxygen atoms in total.